The van der Waals surface area contributed by atoms with E-state index in [0.29, 0.717) is 18.3 Å². The van der Waals surface area contributed by atoms with Crippen LogP contribution in [0.2, 0.25) is 0 Å². The summed E-state index contributed by atoms with van der Waals surface area (Å²) < 4.78 is 16.5. The number of thiazole rings is 1. The second-order valence-electron chi connectivity index (χ2n) is 8.00. The minimum atomic E-state index is -0.190. The zero-order valence-corrected chi connectivity index (χ0v) is 19.9. The number of thiophene rings is 1. The van der Waals surface area contributed by atoms with Crippen molar-refractivity contribution in [3.63, 3.8) is 0 Å². The first-order valence-corrected chi connectivity index (χ1v) is 12.5. The Kier molecular flexibility index (Phi) is 7.73. The minimum Gasteiger partial charge on any atom is -0.382 e. The molecule has 31 heavy (non-hydrogen) atoms. The molecular weight excluding hydrogens is 434 g/mol. The number of aromatic nitrogens is 1. The van der Waals surface area contributed by atoms with Gasteiger partial charge in [0, 0.05) is 54.0 Å². The predicted molar refractivity (Wildman–Crippen MR) is 123 cm³/mol. The van der Waals surface area contributed by atoms with Gasteiger partial charge in [-0.25, -0.2) is 4.98 Å². The quantitative estimate of drug-likeness (QED) is 0.572. The van der Waals surface area contributed by atoms with Gasteiger partial charge in [0.2, 0.25) is 0 Å². The lowest BCUT2D eigenvalue weighted by Gasteiger charge is -2.44. The molecule has 7 nitrogen and oxygen atoms in total. The number of likely N-dealkylation sites (tertiary alicyclic amines) is 1. The summed E-state index contributed by atoms with van der Waals surface area (Å²) in [5.74, 6) is -0.190. The number of nitrogens with one attached hydrogen (secondary N) is 1. The normalized spacial score (nSPS) is 18.3. The fourth-order valence-electron chi connectivity index (χ4n) is 4.25. The highest BCUT2D eigenvalue weighted by molar-refractivity contribution is 7.15. The van der Waals surface area contributed by atoms with Gasteiger partial charge in [0.25, 0.3) is 5.91 Å². The summed E-state index contributed by atoms with van der Waals surface area (Å²) in [6, 6.07) is 2.39. The third-order valence-electron chi connectivity index (χ3n) is 5.91. The van der Waals surface area contributed by atoms with E-state index in [1.54, 1.807) is 7.11 Å². The maximum Gasteiger partial charge on any atom is 0.252 e. The fraction of sp³-hybridized carbons (Fsp3) is 0.636. The van der Waals surface area contributed by atoms with Gasteiger partial charge in [-0.3, -0.25) is 15.0 Å². The standard InChI is InChI=1S/C22H31N3O4S2/c1-3-16-12-18-19(30-16)4-9-29-22(18)5-7-25(8-6-22)14-17-13-23-21(31-17)24-20(26)15-28-11-10-27-2/h12-13H,3-11,14-15H2,1-2H3,(H,23,24,26). The number of carbonyl (C=O) groups excluding carboxylic acids is 1. The number of piperidine rings is 1. The molecule has 0 unspecified atom stereocenters. The maximum atomic E-state index is 11.9. The van der Waals surface area contributed by atoms with Gasteiger partial charge in [0.15, 0.2) is 5.13 Å². The second-order valence-corrected chi connectivity index (χ2v) is 10.3. The molecule has 9 heteroatoms. The van der Waals surface area contributed by atoms with E-state index in [-0.39, 0.29) is 18.1 Å². The van der Waals surface area contributed by atoms with Crippen LogP contribution in [0.1, 0.15) is 40.0 Å². The van der Waals surface area contributed by atoms with Crippen molar-refractivity contribution in [2.45, 2.75) is 44.8 Å². The van der Waals surface area contributed by atoms with Crippen LogP contribution in [0.5, 0.6) is 0 Å². The number of anilines is 1. The molecule has 1 spiro atoms. The zero-order chi connectivity index (χ0) is 21.7. The van der Waals surface area contributed by atoms with Gasteiger partial charge in [-0.15, -0.1) is 22.7 Å². The first kappa shape index (κ1) is 22.8. The Morgan fingerprint density at radius 2 is 2.13 bits per heavy atom. The third-order valence-corrected chi connectivity index (χ3v) is 8.15. The van der Waals surface area contributed by atoms with E-state index in [9.17, 15) is 4.79 Å². The van der Waals surface area contributed by atoms with Crippen molar-refractivity contribution in [3.8, 4) is 0 Å². The van der Waals surface area contributed by atoms with Crippen LogP contribution >= 0.6 is 22.7 Å². The molecule has 0 aliphatic carbocycles. The number of aryl methyl sites for hydroxylation is 1. The van der Waals surface area contributed by atoms with Crippen molar-refractivity contribution >= 4 is 33.7 Å². The predicted octanol–water partition coefficient (Wildman–Crippen LogP) is 3.43. The Morgan fingerprint density at radius 1 is 1.29 bits per heavy atom. The Hall–Kier alpha value is -1.36. The molecule has 1 saturated heterocycles. The monoisotopic (exact) mass is 465 g/mol. The van der Waals surface area contributed by atoms with E-state index < -0.39 is 0 Å². The summed E-state index contributed by atoms with van der Waals surface area (Å²) in [7, 11) is 1.60. The smallest absolute Gasteiger partial charge is 0.252 e. The van der Waals surface area contributed by atoms with Crippen LogP contribution in [0.15, 0.2) is 12.3 Å². The van der Waals surface area contributed by atoms with Crippen LogP contribution in [-0.2, 0) is 44.0 Å². The Bertz CT molecular complexity index is 874. The van der Waals surface area contributed by atoms with Crippen molar-refractivity contribution in [3.05, 3.63) is 32.5 Å². The molecule has 1 amide bonds. The first-order chi connectivity index (χ1) is 15.1. The number of fused-ring (bicyclic) bond motifs is 2. The molecule has 4 rings (SSSR count). The SMILES string of the molecule is CCc1cc2c(s1)CCOC21CCN(Cc2cnc(NC(=O)COCCOC)s2)CC1. The number of rotatable bonds is 9. The summed E-state index contributed by atoms with van der Waals surface area (Å²) in [5, 5.41) is 3.43. The number of methoxy groups -OCH3 is 1. The summed E-state index contributed by atoms with van der Waals surface area (Å²) in [6.07, 6.45) is 6.07. The van der Waals surface area contributed by atoms with Gasteiger partial charge < -0.3 is 14.2 Å². The molecule has 170 valence electrons. The number of hydrogen-bond donors (Lipinski definition) is 1. The molecular formula is C22H31N3O4S2. The second kappa shape index (κ2) is 10.5. The highest BCUT2D eigenvalue weighted by atomic mass is 32.1. The lowest BCUT2D eigenvalue weighted by molar-refractivity contribution is -0.121. The van der Waals surface area contributed by atoms with Gasteiger partial charge >= 0.3 is 0 Å². The molecule has 1 fully saturated rings. The van der Waals surface area contributed by atoms with E-state index in [1.165, 1.54) is 26.7 Å². The summed E-state index contributed by atoms with van der Waals surface area (Å²) >= 11 is 3.50. The molecule has 0 atom stereocenters. The fourth-order valence-corrected chi connectivity index (χ4v) is 6.30. The van der Waals surface area contributed by atoms with Crippen LogP contribution < -0.4 is 5.32 Å². The lowest BCUT2D eigenvalue weighted by atomic mass is 9.82. The number of amides is 1. The molecule has 2 aromatic rings. The van der Waals surface area contributed by atoms with E-state index in [1.807, 2.05) is 17.5 Å². The molecule has 0 bridgehead atoms. The third kappa shape index (κ3) is 5.53. The molecule has 0 radical (unpaired) electrons. The molecule has 4 heterocycles. The number of hydrogen-bond acceptors (Lipinski definition) is 8. The molecule has 2 aromatic heterocycles. The van der Waals surface area contributed by atoms with E-state index >= 15 is 0 Å². The molecule has 2 aliphatic heterocycles. The number of nitrogens with zero attached hydrogens (tertiary/aromatic N) is 2. The highest BCUT2D eigenvalue weighted by Gasteiger charge is 2.41. The Balaban J connectivity index is 1.28. The van der Waals surface area contributed by atoms with Crippen molar-refractivity contribution in [2.24, 2.45) is 0 Å². The summed E-state index contributed by atoms with van der Waals surface area (Å²) in [5.41, 5.74) is 1.36. The van der Waals surface area contributed by atoms with Crippen molar-refractivity contribution in [1.29, 1.82) is 0 Å². The van der Waals surface area contributed by atoms with Crippen LogP contribution in [0.4, 0.5) is 5.13 Å². The maximum absolute atomic E-state index is 11.9. The van der Waals surface area contributed by atoms with Crippen LogP contribution in [0.3, 0.4) is 0 Å². The topological polar surface area (TPSA) is 72.9 Å². The van der Waals surface area contributed by atoms with E-state index in [4.69, 9.17) is 14.2 Å². The van der Waals surface area contributed by atoms with E-state index in [0.717, 1.165) is 56.8 Å². The summed E-state index contributed by atoms with van der Waals surface area (Å²) in [4.78, 5) is 22.9. The largest absolute Gasteiger partial charge is 0.382 e. The molecule has 2 aliphatic rings. The van der Waals surface area contributed by atoms with Crippen LogP contribution in [-0.4, -0.2) is 62.4 Å². The van der Waals surface area contributed by atoms with Crippen LogP contribution in [0.25, 0.3) is 0 Å². The number of ether oxygens (including phenoxy) is 3. The van der Waals surface area contributed by atoms with Gasteiger partial charge in [0.1, 0.15) is 6.61 Å². The van der Waals surface area contributed by atoms with Gasteiger partial charge in [-0.2, -0.15) is 0 Å². The number of carbonyl (C=O) groups is 1. The van der Waals surface area contributed by atoms with Gasteiger partial charge in [-0.05, 0) is 30.9 Å². The molecule has 0 aromatic carbocycles. The van der Waals surface area contributed by atoms with Crippen molar-refractivity contribution in [1.82, 2.24) is 9.88 Å². The van der Waals surface area contributed by atoms with Crippen molar-refractivity contribution in [2.75, 3.05) is 51.9 Å². The lowest BCUT2D eigenvalue weighted by Crippen LogP contribution is -2.45. The van der Waals surface area contributed by atoms with Crippen LogP contribution in [0, 0.1) is 0 Å². The average Bonchev–Trinajstić information content (AvgIpc) is 3.40. The summed E-state index contributed by atoms with van der Waals surface area (Å²) in [6.45, 7) is 6.82. The Morgan fingerprint density at radius 3 is 2.90 bits per heavy atom. The van der Waals surface area contributed by atoms with Gasteiger partial charge in [0.05, 0.1) is 25.4 Å². The zero-order valence-electron chi connectivity index (χ0n) is 18.3. The average molecular weight is 466 g/mol. The molecule has 0 saturated carbocycles. The highest BCUT2D eigenvalue weighted by Crippen LogP contribution is 2.45. The first-order valence-electron chi connectivity index (χ1n) is 10.9. The minimum absolute atomic E-state index is 0.0107. The molecule has 1 N–H and O–H groups in total. The van der Waals surface area contributed by atoms with Gasteiger partial charge in [-0.1, -0.05) is 6.92 Å². The Labute approximate surface area is 191 Å². The van der Waals surface area contributed by atoms with E-state index in [2.05, 4.69) is 28.2 Å². The van der Waals surface area contributed by atoms with Crippen molar-refractivity contribution < 1.29 is 19.0 Å².